The normalized spacial score (nSPS) is 14.9. The molecular weight excluding hydrogens is 232 g/mol. The first kappa shape index (κ1) is 11.1. The molecule has 0 atom stereocenters. The largest absolute Gasteiger partial charge is 0.460 e. The minimum atomic E-state index is -0.487. The molecule has 6 nitrogen and oxygen atoms in total. The summed E-state index contributed by atoms with van der Waals surface area (Å²) in [5.41, 5.74) is 0.708. The van der Waals surface area contributed by atoms with Crippen molar-refractivity contribution < 1.29 is 9.53 Å². The van der Waals surface area contributed by atoms with Crippen molar-refractivity contribution in [3.63, 3.8) is 0 Å². The average Bonchev–Trinajstić information content (AvgIpc) is 3.10. The minimum absolute atomic E-state index is 0.0990. The van der Waals surface area contributed by atoms with Crippen LogP contribution in [-0.2, 0) is 11.3 Å². The maximum Gasteiger partial charge on any atom is 0.376 e. The van der Waals surface area contributed by atoms with Gasteiger partial charge in [-0.05, 0) is 25.7 Å². The molecule has 0 amide bonds. The molecule has 94 valence electrons. The highest BCUT2D eigenvalue weighted by atomic mass is 16.5. The second-order valence-electron chi connectivity index (χ2n) is 4.46. The minimum Gasteiger partial charge on any atom is -0.460 e. The zero-order valence-electron chi connectivity index (χ0n) is 10.2. The van der Waals surface area contributed by atoms with Gasteiger partial charge in [0.15, 0.2) is 5.65 Å². The molecule has 3 rings (SSSR count). The highest BCUT2D eigenvalue weighted by Gasteiger charge is 2.23. The third kappa shape index (κ3) is 2.05. The first-order valence-corrected chi connectivity index (χ1v) is 6.13. The summed E-state index contributed by atoms with van der Waals surface area (Å²) in [5, 5.41) is 5.13. The van der Waals surface area contributed by atoms with Crippen LogP contribution in [0.15, 0.2) is 12.4 Å². The number of aromatic nitrogens is 4. The van der Waals surface area contributed by atoms with E-state index in [-0.39, 0.29) is 5.82 Å². The van der Waals surface area contributed by atoms with E-state index < -0.39 is 5.97 Å². The van der Waals surface area contributed by atoms with E-state index >= 15 is 0 Å². The van der Waals surface area contributed by atoms with Crippen molar-refractivity contribution >= 4 is 17.0 Å². The van der Waals surface area contributed by atoms with Crippen LogP contribution in [0.3, 0.4) is 0 Å². The first-order chi connectivity index (χ1) is 8.78. The van der Waals surface area contributed by atoms with E-state index in [0.717, 1.165) is 11.9 Å². The monoisotopic (exact) mass is 246 g/mol. The van der Waals surface area contributed by atoms with Crippen molar-refractivity contribution in [1.29, 1.82) is 0 Å². The molecule has 0 aliphatic heterocycles. The Morgan fingerprint density at radius 3 is 3.06 bits per heavy atom. The van der Waals surface area contributed by atoms with Crippen LogP contribution >= 0.6 is 0 Å². The van der Waals surface area contributed by atoms with Crippen molar-refractivity contribution in [2.45, 2.75) is 26.3 Å². The van der Waals surface area contributed by atoms with Crippen molar-refractivity contribution in [2.24, 2.45) is 5.92 Å². The fourth-order valence-corrected chi connectivity index (χ4v) is 1.84. The molecule has 18 heavy (non-hydrogen) atoms. The Labute approximate surface area is 104 Å². The van der Waals surface area contributed by atoms with E-state index in [2.05, 4.69) is 15.1 Å². The summed E-state index contributed by atoms with van der Waals surface area (Å²) >= 11 is 0. The Bertz CT molecular complexity index is 589. The molecule has 1 saturated carbocycles. The van der Waals surface area contributed by atoms with E-state index in [1.54, 1.807) is 19.3 Å². The topological polar surface area (TPSA) is 69.9 Å². The summed E-state index contributed by atoms with van der Waals surface area (Å²) in [5.74, 6) is 0.314. The van der Waals surface area contributed by atoms with Crippen molar-refractivity contribution in [3.8, 4) is 0 Å². The van der Waals surface area contributed by atoms with Gasteiger partial charge in [-0.25, -0.2) is 19.4 Å². The van der Waals surface area contributed by atoms with Gasteiger partial charge in [0, 0.05) is 12.7 Å². The van der Waals surface area contributed by atoms with Crippen LogP contribution in [0, 0.1) is 5.92 Å². The second kappa shape index (κ2) is 4.36. The van der Waals surface area contributed by atoms with Gasteiger partial charge in [-0.2, -0.15) is 5.10 Å². The molecule has 2 aromatic heterocycles. The highest BCUT2D eigenvalue weighted by molar-refractivity contribution is 5.87. The smallest absolute Gasteiger partial charge is 0.376 e. The molecule has 1 aliphatic rings. The maximum atomic E-state index is 11.6. The predicted molar refractivity (Wildman–Crippen MR) is 64.0 cm³/mol. The van der Waals surface area contributed by atoms with Crippen molar-refractivity contribution in [2.75, 3.05) is 6.61 Å². The van der Waals surface area contributed by atoms with Crippen LogP contribution in [0.4, 0.5) is 0 Å². The van der Waals surface area contributed by atoms with Gasteiger partial charge in [-0.15, -0.1) is 0 Å². The fourth-order valence-electron chi connectivity index (χ4n) is 1.84. The molecule has 0 bridgehead atoms. The highest BCUT2D eigenvalue weighted by Crippen LogP contribution is 2.31. The predicted octanol–water partition coefficient (Wildman–Crippen LogP) is 1.41. The summed E-state index contributed by atoms with van der Waals surface area (Å²) < 4.78 is 6.74. The van der Waals surface area contributed by atoms with E-state index in [1.165, 1.54) is 12.8 Å². The van der Waals surface area contributed by atoms with Crippen LogP contribution < -0.4 is 0 Å². The number of carbonyl (C=O) groups excluding carboxylic acids is 1. The lowest BCUT2D eigenvalue weighted by molar-refractivity contribution is 0.0512. The summed E-state index contributed by atoms with van der Waals surface area (Å²) in [6.07, 6.45) is 5.84. The Morgan fingerprint density at radius 1 is 1.50 bits per heavy atom. The lowest BCUT2D eigenvalue weighted by Crippen LogP contribution is -2.11. The molecule has 0 spiro atoms. The average molecular weight is 246 g/mol. The quantitative estimate of drug-likeness (QED) is 0.763. The molecular formula is C12H14N4O2. The summed E-state index contributed by atoms with van der Waals surface area (Å²) in [6, 6.07) is 0. The molecule has 6 heteroatoms. The van der Waals surface area contributed by atoms with Crippen molar-refractivity contribution in [3.05, 3.63) is 18.2 Å². The van der Waals surface area contributed by atoms with Gasteiger partial charge >= 0.3 is 5.97 Å². The number of hydrogen-bond acceptors (Lipinski definition) is 5. The van der Waals surface area contributed by atoms with E-state index in [1.807, 2.05) is 4.68 Å². The number of fused-ring (bicyclic) bond motifs is 1. The second-order valence-corrected chi connectivity index (χ2v) is 4.46. The Balaban J connectivity index is 1.95. The van der Waals surface area contributed by atoms with Gasteiger partial charge < -0.3 is 4.74 Å². The fraction of sp³-hybridized carbons (Fsp3) is 0.500. The number of nitrogens with zero attached hydrogens (tertiary/aromatic N) is 4. The molecule has 0 saturated heterocycles. The van der Waals surface area contributed by atoms with Crippen LogP contribution in [0.25, 0.3) is 11.0 Å². The van der Waals surface area contributed by atoms with Gasteiger partial charge in [-0.3, -0.25) is 0 Å². The first-order valence-electron chi connectivity index (χ1n) is 6.13. The van der Waals surface area contributed by atoms with Gasteiger partial charge in [0.2, 0.25) is 5.82 Å². The van der Waals surface area contributed by atoms with E-state index in [9.17, 15) is 4.79 Å². The Kier molecular flexibility index (Phi) is 2.70. The lowest BCUT2D eigenvalue weighted by atomic mass is 10.4. The SMILES string of the molecule is CCOC(=O)c1ncc2cnn(CC3CC3)c2n1. The van der Waals surface area contributed by atoms with Gasteiger partial charge in [-0.1, -0.05) is 0 Å². The summed E-state index contributed by atoms with van der Waals surface area (Å²) in [7, 11) is 0. The van der Waals surface area contributed by atoms with Gasteiger partial charge in [0.05, 0.1) is 18.2 Å². The third-order valence-electron chi connectivity index (χ3n) is 2.96. The van der Waals surface area contributed by atoms with Crippen LogP contribution in [-0.4, -0.2) is 32.3 Å². The summed E-state index contributed by atoms with van der Waals surface area (Å²) in [4.78, 5) is 19.8. The van der Waals surface area contributed by atoms with Gasteiger partial charge in [0.25, 0.3) is 0 Å². The molecule has 0 aromatic carbocycles. The standard InChI is InChI=1S/C12H14N4O2/c1-2-18-12(17)10-13-5-9-6-14-16(11(9)15-10)7-8-3-4-8/h5-6,8H,2-4,7H2,1H3. The number of carbonyl (C=O) groups is 1. The number of ether oxygens (including phenoxy) is 1. The number of esters is 1. The van der Waals surface area contributed by atoms with Crippen LogP contribution in [0.1, 0.15) is 30.4 Å². The zero-order chi connectivity index (χ0) is 12.5. The zero-order valence-corrected chi connectivity index (χ0v) is 10.2. The van der Waals surface area contributed by atoms with E-state index in [0.29, 0.717) is 18.2 Å². The third-order valence-corrected chi connectivity index (χ3v) is 2.96. The molecule has 0 N–H and O–H groups in total. The molecule has 1 aliphatic carbocycles. The molecule has 1 fully saturated rings. The summed E-state index contributed by atoms with van der Waals surface area (Å²) in [6.45, 7) is 2.94. The Hall–Kier alpha value is -1.98. The number of hydrogen-bond donors (Lipinski definition) is 0. The molecule has 2 aromatic rings. The van der Waals surface area contributed by atoms with Gasteiger partial charge in [0.1, 0.15) is 0 Å². The van der Waals surface area contributed by atoms with Crippen LogP contribution in [0.2, 0.25) is 0 Å². The molecule has 2 heterocycles. The van der Waals surface area contributed by atoms with E-state index in [4.69, 9.17) is 4.74 Å². The Morgan fingerprint density at radius 2 is 2.33 bits per heavy atom. The maximum absolute atomic E-state index is 11.6. The lowest BCUT2D eigenvalue weighted by Gasteiger charge is -2.02. The van der Waals surface area contributed by atoms with Crippen molar-refractivity contribution in [1.82, 2.24) is 19.7 Å². The van der Waals surface area contributed by atoms with Crippen LogP contribution in [0.5, 0.6) is 0 Å². The molecule has 0 radical (unpaired) electrons. The molecule has 0 unspecified atom stereocenters. The number of rotatable bonds is 4.